The van der Waals surface area contributed by atoms with Gasteiger partial charge >= 0.3 is 0 Å². The Morgan fingerprint density at radius 2 is 2.06 bits per heavy atom. The van der Waals surface area contributed by atoms with E-state index in [1.54, 1.807) is 0 Å². The summed E-state index contributed by atoms with van der Waals surface area (Å²) < 4.78 is 6.67. The van der Waals surface area contributed by atoms with Gasteiger partial charge in [-0.3, -0.25) is 0 Å². The minimum absolute atomic E-state index is 0.00458. The zero-order chi connectivity index (χ0) is 13.8. The van der Waals surface area contributed by atoms with Gasteiger partial charge in [0.2, 0.25) is 0 Å². The highest BCUT2D eigenvalue weighted by atomic mass is 79.9. The van der Waals surface area contributed by atoms with Crippen LogP contribution in [-0.2, 0) is 0 Å². The van der Waals surface area contributed by atoms with Gasteiger partial charge in [0.1, 0.15) is 12.4 Å². The van der Waals surface area contributed by atoms with Gasteiger partial charge in [0.15, 0.2) is 0 Å². The van der Waals surface area contributed by atoms with Crippen LogP contribution in [0.25, 0.3) is 0 Å². The van der Waals surface area contributed by atoms with E-state index < -0.39 is 0 Å². The average Bonchev–Trinajstić information content (AvgIpc) is 2.22. The van der Waals surface area contributed by atoms with Gasteiger partial charge in [-0.05, 0) is 39.8 Å². The highest BCUT2D eigenvalue weighted by molar-refractivity contribution is 9.10. The predicted molar refractivity (Wildman–Crippen MR) is 79.5 cm³/mol. The lowest BCUT2D eigenvalue weighted by Crippen LogP contribution is -2.08. The van der Waals surface area contributed by atoms with Crippen LogP contribution in [0.4, 0.5) is 0 Å². The molecule has 3 heteroatoms. The fourth-order valence-corrected chi connectivity index (χ4v) is 1.76. The summed E-state index contributed by atoms with van der Waals surface area (Å²) >= 11 is 3.43. The second-order valence-electron chi connectivity index (χ2n) is 5.31. The van der Waals surface area contributed by atoms with Gasteiger partial charge in [-0.25, -0.2) is 0 Å². The first-order chi connectivity index (χ1) is 8.29. The van der Waals surface area contributed by atoms with Crippen molar-refractivity contribution in [2.24, 2.45) is 11.1 Å². The Bertz CT molecular complexity index is 464. The Hall–Kier alpha value is -0.980. The monoisotopic (exact) mass is 309 g/mol. The minimum atomic E-state index is -0.0522. The van der Waals surface area contributed by atoms with Crippen molar-refractivity contribution in [3.63, 3.8) is 0 Å². The van der Waals surface area contributed by atoms with E-state index in [4.69, 9.17) is 10.5 Å². The van der Waals surface area contributed by atoms with Crippen molar-refractivity contribution < 1.29 is 4.74 Å². The molecule has 18 heavy (non-hydrogen) atoms. The van der Waals surface area contributed by atoms with Crippen LogP contribution >= 0.6 is 15.9 Å². The summed E-state index contributed by atoms with van der Waals surface area (Å²) in [6, 6.07) is 5.81. The van der Waals surface area contributed by atoms with Crippen LogP contribution in [0.2, 0.25) is 0 Å². The van der Waals surface area contributed by atoms with Crippen LogP contribution in [0.15, 0.2) is 22.7 Å². The molecule has 98 valence electrons. The third kappa shape index (κ3) is 5.12. The lowest BCUT2D eigenvalue weighted by molar-refractivity contribution is 0.363. The molecule has 0 radical (unpaired) electrons. The van der Waals surface area contributed by atoms with Crippen molar-refractivity contribution >= 4 is 15.9 Å². The van der Waals surface area contributed by atoms with Crippen LogP contribution in [0.1, 0.15) is 39.3 Å². The SMILES string of the molecule is CC(N)c1ccc(Br)cc1OCC#CC(C)(C)C. The van der Waals surface area contributed by atoms with Crippen molar-refractivity contribution in [1.82, 2.24) is 0 Å². The Balaban J connectivity index is 2.77. The number of benzene rings is 1. The molecule has 0 aliphatic carbocycles. The number of halogens is 1. The van der Waals surface area contributed by atoms with Gasteiger partial charge in [-0.2, -0.15) is 0 Å². The Labute approximate surface area is 118 Å². The minimum Gasteiger partial charge on any atom is -0.481 e. The summed E-state index contributed by atoms with van der Waals surface area (Å²) in [6.07, 6.45) is 0. The molecule has 0 saturated heterocycles. The van der Waals surface area contributed by atoms with Crippen molar-refractivity contribution in [1.29, 1.82) is 0 Å². The summed E-state index contributed by atoms with van der Waals surface area (Å²) in [4.78, 5) is 0. The number of hydrogen-bond acceptors (Lipinski definition) is 2. The van der Waals surface area contributed by atoms with Gasteiger partial charge in [0.25, 0.3) is 0 Å². The zero-order valence-electron chi connectivity index (χ0n) is 11.4. The van der Waals surface area contributed by atoms with E-state index in [-0.39, 0.29) is 11.5 Å². The molecular weight excluding hydrogens is 290 g/mol. The van der Waals surface area contributed by atoms with E-state index in [1.165, 1.54) is 0 Å². The molecule has 0 saturated carbocycles. The van der Waals surface area contributed by atoms with E-state index in [1.807, 2.05) is 25.1 Å². The van der Waals surface area contributed by atoms with Crippen LogP contribution < -0.4 is 10.5 Å². The first-order valence-corrected chi connectivity index (χ1v) is 6.77. The number of rotatable bonds is 3. The van der Waals surface area contributed by atoms with Crippen LogP contribution in [-0.4, -0.2) is 6.61 Å². The Morgan fingerprint density at radius 1 is 1.39 bits per heavy atom. The Morgan fingerprint density at radius 3 is 2.61 bits per heavy atom. The lowest BCUT2D eigenvalue weighted by Gasteiger charge is -2.13. The van der Waals surface area contributed by atoms with Gasteiger partial charge in [-0.15, -0.1) is 0 Å². The molecule has 0 aliphatic heterocycles. The van der Waals surface area contributed by atoms with E-state index in [2.05, 4.69) is 48.5 Å². The standard InChI is InChI=1S/C15H20BrNO/c1-11(17)13-7-6-12(16)10-14(13)18-9-5-8-15(2,3)4/h6-7,10-11H,9,17H2,1-4H3. The second kappa shape index (κ2) is 6.26. The van der Waals surface area contributed by atoms with Crippen LogP contribution in [0.3, 0.4) is 0 Å². The molecule has 1 atom stereocenters. The molecule has 1 rings (SSSR count). The molecule has 0 bridgehead atoms. The number of hydrogen-bond donors (Lipinski definition) is 1. The van der Waals surface area contributed by atoms with E-state index in [9.17, 15) is 0 Å². The smallest absolute Gasteiger partial charge is 0.149 e. The van der Waals surface area contributed by atoms with E-state index in [0.29, 0.717) is 6.61 Å². The van der Waals surface area contributed by atoms with Gasteiger partial charge in [0, 0.05) is 21.5 Å². The van der Waals surface area contributed by atoms with Gasteiger partial charge < -0.3 is 10.5 Å². The quantitative estimate of drug-likeness (QED) is 0.860. The van der Waals surface area contributed by atoms with Crippen molar-refractivity contribution in [3.8, 4) is 17.6 Å². The van der Waals surface area contributed by atoms with E-state index >= 15 is 0 Å². The first kappa shape index (κ1) is 15.1. The molecule has 1 aromatic rings. The first-order valence-electron chi connectivity index (χ1n) is 5.97. The summed E-state index contributed by atoms with van der Waals surface area (Å²) in [6.45, 7) is 8.55. The molecule has 0 spiro atoms. The van der Waals surface area contributed by atoms with Gasteiger partial charge in [-0.1, -0.05) is 33.8 Å². The lowest BCUT2D eigenvalue weighted by atomic mass is 9.98. The normalized spacial score (nSPS) is 12.6. The zero-order valence-corrected chi connectivity index (χ0v) is 13.0. The maximum atomic E-state index is 5.91. The summed E-state index contributed by atoms with van der Waals surface area (Å²) in [7, 11) is 0. The number of ether oxygens (including phenoxy) is 1. The molecule has 0 amide bonds. The molecular formula is C15H20BrNO. The second-order valence-corrected chi connectivity index (χ2v) is 6.23. The third-order valence-corrected chi connectivity index (χ3v) is 2.72. The maximum Gasteiger partial charge on any atom is 0.149 e. The van der Waals surface area contributed by atoms with Crippen LogP contribution in [0.5, 0.6) is 5.75 Å². The average molecular weight is 310 g/mol. The van der Waals surface area contributed by atoms with Gasteiger partial charge in [0.05, 0.1) is 0 Å². The fourth-order valence-electron chi connectivity index (χ4n) is 1.42. The van der Waals surface area contributed by atoms with Crippen molar-refractivity contribution in [2.45, 2.75) is 33.7 Å². The van der Waals surface area contributed by atoms with Crippen LogP contribution in [0, 0.1) is 17.3 Å². The molecule has 2 nitrogen and oxygen atoms in total. The summed E-state index contributed by atoms with van der Waals surface area (Å²) in [5, 5.41) is 0. The summed E-state index contributed by atoms with van der Waals surface area (Å²) in [5.41, 5.74) is 6.91. The third-order valence-electron chi connectivity index (χ3n) is 2.23. The predicted octanol–water partition coefficient (Wildman–Crippen LogP) is 3.90. The number of nitrogens with two attached hydrogens (primary N) is 1. The topological polar surface area (TPSA) is 35.2 Å². The molecule has 0 aromatic heterocycles. The summed E-state index contributed by atoms with van der Waals surface area (Å²) in [5.74, 6) is 6.96. The molecule has 2 N–H and O–H groups in total. The molecule has 0 fully saturated rings. The fraction of sp³-hybridized carbons (Fsp3) is 0.467. The molecule has 0 aliphatic rings. The molecule has 1 aromatic carbocycles. The highest BCUT2D eigenvalue weighted by Crippen LogP contribution is 2.27. The maximum absolute atomic E-state index is 5.91. The van der Waals surface area contributed by atoms with Crippen molar-refractivity contribution in [2.75, 3.05) is 6.61 Å². The van der Waals surface area contributed by atoms with E-state index in [0.717, 1.165) is 15.8 Å². The Kier molecular flexibility index (Phi) is 5.25. The molecule has 0 heterocycles. The largest absolute Gasteiger partial charge is 0.481 e. The highest BCUT2D eigenvalue weighted by Gasteiger charge is 2.08. The molecule has 1 unspecified atom stereocenters. The van der Waals surface area contributed by atoms with Crippen molar-refractivity contribution in [3.05, 3.63) is 28.2 Å².